The number of amidine groups is 1. The molecule has 6 heteroatoms. The Morgan fingerprint density at radius 1 is 1.00 bits per heavy atom. The van der Waals surface area contributed by atoms with Crippen LogP contribution < -0.4 is 5.32 Å². The minimum Gasteiger partial charge on any atom is -0.310 e. The maximum atomic E-state index is 11.9. The van der Waals surface area contributed by atoms with Crippen molar-refractivity contribution in [3.8, 4) is 11.4 Å². The lowest BCUT2D eigenvalue weighted by Crippen LogP contribution is -2.29. The third-order valence-electron chi connectivity index (χ3n) is 4.50. The van der Waals surface area contributed by atoms with Crippen LogP contribution in [0.5, 0.6) is 0 Å². The van der Waals surface area contributed by atoms with Crippen molar-refractivity contribution in [1.29, 1.82) is 0 Å². The highest BCUT2D eigenvalue weighted by Crippen LogP contribution is 2.31. The van der Waals surface area contributed by atoms with Gasteiger partial charge >= 0.3 is 0 Å². The van der Waals surface area contributed by atoms with Gasteiger partial charge < -0.3 is 5.32 Å². The third kappa shape index (κ3) is 4.36. The molecular formula is C24H19ClN4O. The zero-order valence-corrected chi connectivity index (χ0v) is 17.3. The standard InChI is InChI=1S/C24H19ClN4O/c1-15-6-5-7-17(12-15)23(27-16(2)30)29-24-20-10-9-19(25)13-18(20)14-22(28-24)21-8-3-4-11-26-21/h3-14H,1-2H3,(H,27,28,29,30). The molecule has 5 nitrogen and oxygen atoms in total. The number of carbonyl (C=O) groups is 1. The topological polar surface area (TPSA) is 67.2 Å². The summed E-state index contributed by atoms with van der Waals surface area (Å²) in [7, 11) is 0. The quantitative estimate of drug-likeness (QED) is 0.357. The maximum Gasteiger partial charge on any atom is 0.222 e. The molecule has 0 saturated heterocycles. The first-order valence-electron chi connectivity index (χ1n) is 9.44. The molecule has 0 radical (unpaired) electrons. The van der Waals surface area contributed by atoms with Crippen molar-refractivity contribution in [2.24, 2.45) is 4.99 Å². The molecule has 2 aromatic heterocycles. The molecule has 4 rings (SSSR count). The van der Waals surface area contributed by atoms with Gasteiger partial charge in [-0.2, -0.15) is 0 Å². The Morgan fingerprint density at radius 3 is 2.60 bits per heavy atom. The largest absolute Gasteiger partial charge is 0.310 e. The van der Waals surface area contributed by atoms with E-state index in [2.05, 4.69) is 10.3 Å². The molecule has 0 spiro atoms. The summed E-state index contributed by atoms with van der Waals surface area (Å²) in [6.45, 7) is 3.45. The smallest absolute Gasteiger partial charge is 0.222 e. The molecule has 148 valence electrons. The lowest BCUT2D eigenvalue weighted by Gasteiger charge is -2.11. The van der Waals surface area contributed by atoms with Crippen LogP contribution in [0, 0.1) is 6.92 Å². The highest BCUT2D eigenvalue weighted by Gasteiger charge is 2.12. The van der Waals surface area contributed by atoms with Crippen LogP contribution in [0.4, 0.5) is 5.82 Å². The zero-order chi connectivity index (χ0) is 21.1. The van der Waals surface area contributed by atoms with Crippen molar-refractivity contribution in [2.45, 2.75) is 13.8 Å². The second-order valence-corrected chi connectivity index (χ2v) is 7.36. The summed E-state index contributed by atoms with van der Waals surface area (Å²) in [6, 6.07) is 20.9. The van der Waals surface area contributed by atoms with Gasteiger partial charge in [-0.1, -0.05) is 41.4 Å². The summed E-state index contributed by atoms with van der Waals surface area (Å²) in [4.78, 5) is 25.8. The number of amides is 1. The fourth-order valence-corrected chi connectivity index (χ4v) is 3.35. The summed E-state index contributed by atoms with van der Waals surface area (Å²) in [5, 5.41) is 5.18. The second-order valence-electron chi connectivity index (χ2n) is 6.92. The lowest BCUT2D eigenvalue weighted by molar-refractivity contribution is -0.117. The summed E-state index contributed by atoms with van der Waals surface area (Å²) in [5.41, 5.74) is 3.28. The number of pyridine rings is 2. The van der Waals surface area contributed by atoms with Gasteiger partial charge in [0.2, 0.25) is 5.91 Å². The highest BCUT2D eigenvalue weighted by atomic mass is 35.5. The van der Waals surface area contributed by atoms with Gasteiger partial charge in [-0.05, 0) is 54.8 Å². The normalized spacial score (nSPS) is 11.5. The van der Waals surface area contributed by atoms with Gasteiger partial charge in [-0.25, -0.2) is 9.98 Å². The molecule has 0 unspecified atom stereocenters. The van der Waals surface area contributed by atoms with E-state index >= 15 is 0 Å². The molecule has 0 fully saturated rings. The molecule has 0 aliphatic rings. The molecule has 2 aromatic carbocycles. The number of aliphatic imine (C=N–C) groups is 1. The SMILES string of the molecule is CC(=O)N/C(=N\c1nc(-c2ccccn2)cc2cc(Cl)ccc12)c1cccc(C)c1. The van der Waals surface area contributed by atoms with Gasteiger partial charge in [0.25, 0.3) is 0 Å². The van der Waals surface area contributed by atoms with Gasteiger partial charge in [0.05, 0.1) is 11.4 Å². The number of nitrogens with zero attached hydrogens (tertiary/aromatic N) is 3. The van der Waals surface area contributed by atoms with Crippen molar-refractivity contribution in [3.63, 3.8) is 0 Å². The van der Waals surface area contributed by atoms with E-state index in [-0.39, 0.29) is 5.91 Å². The van der Waals surface area contributed by atoms with E-state index in [1.165, 1.54) is 6.92 Å². The number of nitrogens with one attached hydrogen (secondary N) is 1. The minimum atomic E-state index is -0.205. The first-order chi connectivity index (χ1) is 14.5. The molecular weight excluding hydrogens is 396 g/mol. The number of aryl methyl sites for hydroxylation is 1. The fourth-order valence-electron chi connectivity index (χ4n) is 3.17. The second kappa shape index (κ2) is 8.43. The van der Waals surface area contributed by atoms with E-state index in [4.69, 9.17) is 21.6 Å². The Labute approximate surface area is 179 Å². The first-order valence-corrected chi connectivity index (χ1v) is 9.82. The Morgan fingerprint density at radius 2 is 1.87 bits per heavy atom. The van der Waals surface area contributed by atoms with Crippen LogP contribution in [0.3, 0.4) is 0 Å². The number of halogens is 1. The van der Waals surface area contributed by atoms with Gasteiger partial charge in [0.15, 0.2) is 5.82 Å². The predicted octanol–water partition coefficient (Wildman–Crippen LogP) is 5.47. The van der Waals surface area contributed by atoms with E-state index in [0.29, 0.717) is 22.4 Å². The van der Waals surface area contributed by atoms with E-state index in [0.717, 1.165) is 27.6 Å². The van der Waals surface area contributed by atoms with Crippen LogP contribution in [0.15, 0.2) is 77.9 Å². The number of aromatic nitrogens is 2. The van der Waals surface area contributed by atoms with Crippen LogP contribution in [0.1, 0.15) is 18.1 Å². The molecule has 1 amide bonds. The summed E-state index contributed by atoms with van der Waals surface area (Å²) >= 11 is 6.23. The number of benzene rings is 2. The van der Waals surface area contributed by atoms with E-state index in [1.807, 2.05) is 67.6 Å². The predicted molar refractivity (Wildman–Crippen MR) is 121 cm³/mol. The molecule has 0 aliphatic heterocycles. The van der Waals surface area contributed by atoms with Crippen LogP contribution in [0.25, 0.3) is 22.2 Å². The minimum absolute atomic E-state index is 0.205. The Kier molecular flexibility index (Phi) is 5.55. The Hall–Kier alpha value is -3.57. The Bertz CT molecular complexity index is 1270. The van der Waals surface area contributed by atoms with Gasteiger partial charge in [-0.3, -0.25) is 9.78 Å². The zero-order valence-electron chi connectivity index (χ0n) is 16.6. The average molecular weight is 415 g/mol. The van der Waals surface area contributed by atoms with E-state index in [9.17, 15) is 4.79 Å². The fraction of sp³-hybridized carbons (Fsp3) is 0.0833. The van der Waals surface area contributed by atoms with Crippen LogP contribution in [0.2, 0.25) is 5.02 Å². The molecule has 1 N–H and O–H groups in total. The molecule has 0 saturated carbocycles. The average Bonchev–Trinajstić information content (AvgIpc) is 2.73. The summed E-state index contributed by atoms with van der Waals surface area (Å²) in [6.07, 6.45) is 1.72. The molecule has 2 heterocycles. The monoisotopic (exact) mass is 414 g/mol. The van der Waals surface area contributed by atoms with E-state index < -0.39 is 0 Å². The molecule has 4 aromatic rings. The van der Waals surface area contributed by atoms with Crippen LogP contribution in [-0.2, 0) is 4.79 Å². The number of hydrogen-bond acceptors (Lipinski definition) is 4. The highest BCUT2D eigenvalue weighted by molar-refractivity contribution is 6.31. The molecule has 0 aliphatic carbocycles. The molecule has 0 atom stereocenters. The lowest BCUT2D eigenvalue weighted by atomic mass is 10.1. The number of carbonyl (C=O) groups excluding carboxylic acids is 1. The van der Waals surface area contributed by atoms with Crippen molar-refractivity contribution < 1.29 is 4.79 Å². The third-order valence-corrected chi connectivity index (χ3v) is 4.74. The number of rotatable bonds is 3. The Balaban J connectivity index is 1.95. The van der Waals surface area contributed by atoms with Crippen molar-refractivity contribution in [1.82, 2.24) is 15.3 Å². The summed E-state index contributed by atoms with van der Waals surface area (Å²) in [5.74, 6) is 0.715. The number of hydrogen-bond donors (Lipinski definition) is 1. The van der Waals surface area contributed by atoms with Crippen LogP contribution >= 0.6 is 11.6 Å². The van der Waals surface area contributed by atoms with Gasteiger partial charge in [0, 0.05) is 29.1 Å². The first kappa shape index (κ1) is 19.7. The maximum absolute atomic E-state index is 11.9. The molecule has 0 bridgehead atoms. The van der Waals surface area contributed by atoms with Crippen molar-refractivity contribution >= 4 is 39.9 Å². The van der Waals surface area contributed by atoms with Crippen LogP contribution in [-0.4, -0.2) is 21.7 Å². The van der Waals surface area contributed by atoms with Gasteiger partial charge in [0.1, 0.15) is 5.84 Å². The van der Waals surface area contributed by atoms with Crippen molar-refractivity contribution in [3.05, 3.63) is 89.1 Å². The van der Waals surface area contributed by atoms with E-state index in [1.54, 1.807) is 12.3 Å². The summed E-state index contributed by atoms with van der Waals surface area (Å²) < 4.78 is 0. The molecule has 30 heavy (non-hydrogen) atoms. The van der Waals surface area contributed by atoms with Crippen molar-refractivity contribution in [2.75, 3.05) is 0 Å². The van der Waals surface area contributed by atoms with Gasteiger partial charge in [-0.15, -0.1) is 0 Å². The number of fused-ring (bicyclic) bond motifs is 1.